The molecule has 0 aliphatic carbocycles. The maximum atomic E-state index is 10.4. The first kappa shape index (κ1) is 9.54. The summed E-state index contributed by atoms with van der Waals surface area (Å²) in [6, 6.07) is -0.641. The summed E-state index contributed by atoms with van der Waals surface area (Å²) in [5.41, 5.74) is 0. The van der Waals surface area contributed by atoms with Crippen LogP contribution in [-0.4, -0.2) is 41.9 Å². The van der Waals surface area contributed by atoms with Gasteiger partial charge in [-0.2, -0.15) is 0 Å². The van der Waals surface area contributed by atoms with Gasteiger partial charge in [0.25, 0.3) is 0 Å². The number of nitrogens with one attached hydrogen (secondary N) is 1. The monoisotopic (exact) mass is 136 g/mol. The number of amides is 1. The second-order valence-corrected chi connectivity index (χ2v) is 2.00. The second kappa shape index (κ2) is 3.64. The van der Waals surface area contributed by atoms with E-state index in [4.69, 9.17) is 5.11 Å². The average Bonchev–Trinajstić information content (AvgIpc) is 2.14. The Bertz CT molecular complexity index is 159. The zero-order chi connectivity index (χ0) is 6.85. The molecule has 0 aromatic rings. The van der Waals surface area contributed by atoms with Gasteiger partial charge in [-0.1, -0.05) is 0 Å². The number of carboxylic acid groups (broad SMARTS) is 1. The summed E-state index contributed by atoms with van der Waals surface area (Å²) in [6.45, 7) is 0. The molecule has 1 radical (unpaired) electrons. The van der Waals surface area contributed by atoms with Crippen LogP contribution in [0, 0.1) is 0 Å². The molecule has 1 rings (SSSR count). The summed E-state index contributed by atoms with van der Waals surface area (Å²) in [5.74, 6) is -1.11. The zero-order valence-electron chi connectivity index (χ0n) is 5.76. The fraction of sp³-hybridized carbons (Fsp3) is 0.600. The quantitative estimate of drug-likeness (QED) is 0.453. The van der Waals surface area contributed by atoms with Crippen molar-refractivity contribution in [3.63, 3.8) is 0 Å². The van der Waals surface area contributed by atoms with Crippen molar-refractivity contribution >= 4 is 30.7 Å². The third-order valence-corrected chi connectivity index (χ3v) is 1.29. The van der Waals surface area contributed by atoms with Crippen LogP contribution in [-0.2, 0) is 9.59 Å². The van der Waals surface area contributed by atoms with Crippen LogP contribution in [0.2, 0.25) is 0 Å². The average molecular weight is 136 g/mol. The van der Waals surface area contributed by atoms with Crippen LogP contribution < -0.4 is 5.32 Å². The van der Waals surface area contributed by atoms with E-state index in [9.17, 15) is 9.59 Å². The van der Waals surface area contributed by atoms with E-state index in [2.05, 4.69) is 5.32 Å². The summed E-state index contributed by atoms with van der Waals surface area (Å²) in [6.07, 6.45) is 0.769. The third kappa shape index (κ3) is 2.05. The topological polar surface area (TPSA) is 66.4 Å². The summed E-state index contributed by atoms with van der Waals surface area (Å²) in [5, 5.41) is 10.6. The van der Waals surface area contributed by atoms with Gasteiger partial charge in [-0.3, -0.25) is 4.79 Å². The smallest absolute Gasteiger partial charge is 0.326 e. The SMILES string of the molecule is O=C1CC[C@@H](C(=O)O)N1.[Li]. The van der Waals surface area contributed by atoms with E-state index < -0.39 is 12.0 Å². The van der Waals surface area contributed by atoms with Gasteiger partial charge in [0, 0.05) is 25.3 Å². The number of carbonyl (C=O) groups is 2. The standard InChI is InChI=1S/C5H7NO3.Li/c7-4-2-1-3(6-4)5(8)9;/h3H,1-2H2,(H,6,7)(H,8,9);/t3-;/m0./s1. The Balaban J connectivity index is 0.000000810. The van der Waals surface area contributed by atoms with Crippen LogP contribution in [0.25, 0.3) is 0 Å². The van der Waals surface area contributed by atoms with Crippen molar-refractivity contribution in [1.29, 1.82) is 0 Å². The molecule has 0 unspecified atom stereocenters. The van der Waals surface area contributed by atoms with E-state index in [1.165, 1.54) is 0 Å². The minimum atomic E-state index is -0.944. The molecule has 51 valence electrons. The number of hydrogen-bond donors (Lipinski definition) is 2. The normalized spacial score (nSPS) is 23.2. The number of carbonyl (C=O) groups excluding carboxylic acids is 1. The van der Waals surface area contributed by atoms with Crippen molar-refractivity contribution in [2.45, 2.75) is 18.9 Å². The Morgan fingerprint density at radius 2 is 2.30 bits per heavy atom. The van der Waals surface area contributed by atoms with Gasteiger partial charge in [0.15, 0.2) is 0 Å². The van der Waals surface area contributed by atoms with Crippen LogP contribution in [0.15, 0.2) is 0 Å². The molecule has 0 saturated carbocycles. The van der Waals surface area contributed by atoms with Crippen molar-refractivity contribution in [3.8, 4) is 0 Å². The van der Waals surface area contributed by atoms with Gasteiger partial charge in [-0.05, 0) is 6.42 Å². The van der Waals surface area contributed by atoms with E-state index in [0.717, 1.165) is 0 Å². The van der Waals surface area contributed by atoms with Crippen LogP contribution >= 0.6 is 0 Å². The Kier molecular flexibility index (Phi) is 3.48. The molecule has 0 bridgehead atoms. The molecule has 10 heavy (non-hydrogen) atoms. The molecule has 1 heterocycles. The maximum Gasteiger partial charge on any atom is 0.326 e. The molecule has 5 heteroatoms. The van der Waals surface area contributed by atoms with Crippen LogP contribution in [0.1, 0.15) is 12.8 Å². The van der Waals surface area contributed by atoms with Crippen LogP contribution in [0.4, 0.5) is 0 Å². The van der Waals surface area contributed by atoms with Crippen LogP contribution in [0.5, 0.6) is 0 Å². The second-order valence-electron chi connectivity index (χ2n) is 2.00. The first-order valence-corrected chi connectivity index (χ1v) is 2.72. The van der Waals surface area contributed by atoms with Crippen molar-refractivity contribution in [2.75, 3.05) is 0 Å². The summed E-state index contributed by atoms with van der Waals surface area (Å²) in [7, 11) is 0. The summed E-state index contributed by atoms with van der Waals surface area (Å²) >= 11 is 0. The molecule has 1 saturated heterocycles. The summed E-state index contributed by atoms with van der Waals surface area (Å²) < 4.78 is 0. The molecule has 0 aromatic heterocycles. The van der Waals surface area contributed by atoms with Gasteiger partial charge in [0.05, 0.1) is 0 Å². The van der Waals surface area contributed by atoms with E-state index in [0.29, 0.717) is 12.8 Å². The van der Waals surface area contributed by atoms with E-state index in [1.807, 2.05) is 0 Å². The van der Waals surface area contributed by atoms with Gasteiger partial charge < -0.3 is 10.4 Å². The number of hydrogen-bond acceptors (Lipinski definition) is 2. The summed E-state index contributed by atoms with van der Waals surface area (Å²) in [4.78, 5) is 20.5. The zero-order valence-corrected chi connectivity index (χ0v) is 5.76. The molecule has 1 fully saturated rings. The van der Waals surface area contributed by atoms with E-state index in [1.54, 1.807) is 0 Å². The van der Waals surface area contributed by atoms with Crippen molar-refractivity contribution < 1.29 is 14.7 Å². The molecular formula is C5H7LiNO3. The number of carboxylic acids is 1. The molecule has 1 amide bonds. The van der Waals surface area contributed by atoms with Gasteiger partial charge in [-0.25, -0.2) is 4.79 Å². The van der Waals surface area contributed by atoms with Crippen molar-refractivity contribution in [2.24, 2.45) is 0 Å². The Labute approximate surface area is 70.2 Å². The molecule has 2 N–H and O–H groups in total. The number of rotatable bonds is 1. The Hall–Kier alpha value is -0.463. The van der Waals surface area contributed by atoms with Gasteiger partial charge in [0.2, 0.25) is 5.91 Å². The van der Waals surface area contributed by atoms with E-state index in [-0.39, 0.29) is 24.8 Å². The molecule has 1 aliphatic heterocycles. The van der Waals surface area contributed by atoms with E-state index >= 15 is 0 Å². The van der Waals surface area contributed by atoms with Gasteiger partial charge in [0.1, 0.15) is 6.04 Å². The van der Waals surface area contributed by atoms with Gasteiger partial charge >= 0.3 is 5.97 Å². The molecule has 4 nitrogen and oxygen atoms in total. The molecular weight excluding hydrogens is 129 g/mol. The minimum Gasteiger partial charge on any atom is -0.480 e. The molecule has 1 atom stereocenters. The Morgan fingerprint density at radius 3 is 2.50 bits per heavy atom. The first-order valence-electron chi connectivity index (χ1n) is 2.72. The fourth-order valence-corrected chi connectivity index (χ4v) is 0.799. The third-order valence-electron chi connectivity index (χ3n) is 1.29. The van der Waals surface area contributed by atoms with Crippen molar-refractivity contribution in [1.82, 2.24) is 5.32 Å². The fourth-order valence-electron chi connectivity index (χ4n) is 0.799. The molecule has 0 spiro atoms. The maximum absolute atomic E-state index is 10.4. The Morgan fingerprint density at radius 1 is 1.70 bits per heavy atom. The van der Waals surface area contributed by atoms with Gasteiger partial charge in [-0.15, -0.1) is 0 Å². The largest absolute Gasteiger partial charge is 0.480 e. The van der Waals surface area contributed by atoms with Crippen molar-refractivity contribution in [3.05, 3.63) is 0 Å². The minimum absolute atomic E-state index is 0. The predicted molar refractivity (Wildman–Crippen MR) is 34.6 cm³/mol. The predicted octanol–water partition coefficient (Wildman–Crippen LogP) is -1.03. The van der Waals surface area contributed by atoms with Crippen LogP contribution in [0.3, 0.4) is 0 Å². The first-order chi connectivity index (χ1) is 4.20. The molecule has 1 aliphatic rings. The number of aliphatic carboxylic acids is 1. The molecule has 0 aromatic carbocycles.